The Morgan fingerprint density at radius 2 is 1.67 bits per heavy atom. The van der Waals surface area contributed by atoms with Crippen LogP contribution >= 0.6 is 12.2 Å². The van der Waals surface area contributed by atoms with Crippen LogP contribution in [0.1, 0.15) is 33.9 Å². The minimum atomic E-state index is -0.991. The molecule has 39 heavy (non-hydrogen) atoms. The Morgan fingerprint density at radius 1 is 0.897 bits per heavy atom. The number of furan rings is 1. The van der Waals surface area contributed by atoms with Gasteiger partial charge in [-0.25, -0.2) is 4.79 Å². The lowest BCUT2D eigenvalue weighted by Crippen LogP contribution is -2.29. The van der Waals surface area contributed by atoms with Gasteiger partial charge >= 0.3 is 5.97 Å². The second-order valence-electron chi connectivity index (χ2n) is 8.99. The van der Waals surface area contributed by atoms with Crippen LogP contribution in [-0.2, 0) is 0 Å². The van der Waals surface area contributed by atoms with Crippen LogP contribution in [0.15, 0.2) is 120 Å². The quantitative estimate of drug-likeness (QED) is 0.216. The zero-order chi connectivity index (χ0) is 26.8. The number of nitrogens with zero attached hydrogens (tertiary/aromatic N) is 2. The summed E-state index contributed by atoms with van der Waals surface area (Å²) in [5.41, 5.74) is 2.56. The van der Waals surface area contributed by atoms with Gasteiger partial charge in [0.1, 0.15) is 29.1 Å². The molecule has 0 aliphatic carbocycles. The number of benzene rings is 3. The molecule has 3 aromatic carbocycles. The van der Waals surface area contributed by atoms with Crippen molar-refractivity contribution in [1.82, 2.24) is 10.3 Å². The van der Waals surface area contributed by atoms with Crippen molar-refractivity contribution >= 4 is 29.0 Å². The third-order valence-corrected chi connectivity index (χ3v) is 6.82. The lowest BCUT2D eigenvalue weighted by Gasteiger charge is -2.26. The van der Waals surface area contributed by atoms with Crippen LogP contribution in [0.3, 0.4) is 0 Å². The summed E-state index contributed by atoms with van der Waals surface area (Å²) in [7, 11) is 0. The molecule has 1 saturated heterocycles. The van der Waals surface area contributed by atoms with Crippen molar-refractivity contribution in [1.29, 1.82) is 0 Å². The summed E-state index contributed by atoms with van der Waals surface area (Å²) in [4.78, 5) is 18.1. The van der Waals surface area contributed by atoms with E-state index in [1.54, 1.807) is 24.4 Å². The topological polar surface area (TPSA) is 87.8 Å². The summed E-state index contributed by atoms with van der Waals surface area (Å²) in [6, 6.07) is 32.9. The number of aromatic carboxylic acids is 1. The van der Waals surface area contributed by atoms with Crippen LogP contribution in [-0.4, -0.2) is 21.2 Å². The number of para-hydroxylation sites is 1. The van der Waals surface area contributed by atoms with Crippen molar-refractivity contribution in [3.63, 3.8) is 0 Å². The molecule has 2 atom stereocenters. The van der Waals surface area contributed by atoms with Crippen molar-refractivity contribution in [3.05, 3.63) is 132 Å². The van der Waals surface area contributed by atoms with Crippen molar-refractivity contribution in [2.75, 3.05) is 4.90 Å². The van der Waals surface area contributed by atoms with Gasteiger partial charge in [0.05, 0.1) is 17.3 Å². The van der Waals surface area contributed by atoms with Gasteiger partial charge in [-0.3, -0.25) is 4.98 Å². The number of hydrogen-bond acceptors (Lipinski definition) is 5. The molecule has 0 saturated carbocycles. The van der Waals surface area contributed by atoms with E-state index >= 15 is 0 Å². The third-order valence-electron chi connectivity index (χ3n) is 6.50. The van der Waals surface area contributed by atoms with Gasteiger partial charge < -0.3 is 24.5 Å². The highest BCUT2D eigenvalue weighted by Gasteiger charge is 2.42. The third kappa shape index (κ3) is 4.97. The van der Waals surface area contributed by atoms with Gasteiger partial charge in [-0.05, 0) is 85.0 Å². The van der Waals surface area contributed by atoms with Gasteiger partial charge in [-0.15, -0.1) is 0 Å². The molecule has 7 nitrogen and oxygen atoms in total. The van der Waals surface area contributed by atoms with E-state index in [2.05, 4.69) is 10.3 Å². The van der Waals surface area contributed by atoms with Crippen molar-refractivity contribution in [2.24, 2.45) is 0 Å². The minimum Gasteiger partial charge on any atom is -0.478 e. The predicted octanol–water partition coefficient (Wildman–Crippen LogP) is 7.01. The molecule has 192 valence electrons. The highest BCUT2D eigenvalue weighted by Crippen LogP contribution is 2.43. The van der Waals surface area contributed by atoms with Crippen LogP contribution < -0.4 is 15.0 Å². The molecule has 2 N–H and O–H groups in total. The first-order chi connectivity index (χ1) is 19.1. The number of hydrogen-bond donors (Lipinski definition) is 2. The van der Waals surface area contributed by atoms with Gasteiger partial charge in [0.25, 0.3) is 0 Å². The maximum atomic E-state index is 11.5. The van der Waals surface area contributed by atoms with Crippen molar-refractivity contribution < 1.29 is 19.1 Å². The highest BCUT2D eigenvalue weighted by atomic mass is 32.1. The second-order valence-corrected chi connectivity index (χ2v) is 9.38. The first-order valence-electron chi connectivity index (χ1n) is 12.3. The smallest absolute Gasteiger partial charge is 0.335 e. The molecule has 0 unspecified atom stereocenters. The largest absolute Gasteiger partial charge is 0.478 e. The van der Waals surface area contributed by atoms with E-state index in [4.69, 9.17) is 21.4 Å². The van der Waals surface area contributed by atoms with E-state index in [1.807, 2.05) is 95.9 Å². The Labute approximate surface area is 230 Å². The molecule has 6 rings (SSSR count). The molecule has 3 heterocycles. The van der Waals surface area contributed by atoms with E-state index in [0.717, 1.165) is 17.1 Å². The molecule has 1 fully saturated rings. The van der Waals surface area contributed by atoms with E-state index in [1.165, 1.54) is 0 Å². The Bertz CT molecular complexity index is 1620. The lowest BCUT2D eigenvalue weighted by atomic mass is 10.0. The van der Waals surface area contributed by atoms with E-state index < -0.39 is 5.97 Å². The number of pyridine rings is 1. The second kappa shape index (κ2) is 10.4. The van der Waals surface area contributed by atoms with E-state index in [-0.39, 0.29) is 17.6 Å². The SMILES string of the molecule is O=C(O)c1cccc(-c2ccc([C@H]3[C@H](c4ccccn4)NC(=S)N3c3ccc(Oc4ccccc4)cc3)o2)c1. The molecule has 2 aromatic heterocycles. The fourth-order valence-corrected chi connectivity index (χ4v) is 5.04. The first kappa shape index (κ1) is 24.4. The molecule has 0 amide bonds. The first-order valence-corrected chi connectivity index (χ1v) is 12.7. The van der Waals surface area contributed by atoms with Crippen LogP contribution in [0.4, 0.5) is 5.69 Å². The molecule has 5 aromatic rings. The summed E-state index contributed by atoms with van der Waals surface area (Å²) in [5.74, 6) is 1.71. The number of carbonyl (C=O) groups is 1. The summed E-state index contributed by atoms with van der Waals surface area (Å²) >= 11 is 5.81. The molecule has 0 bridgehead atoms. The average molecular weight is 534 g/mol. The Balaban J connectivity index is 1.36. The van der Waals surface area contributed by atoms with Gasteiger partial charge in [-0.2, -0.15) is 0 Å². The fraction of sp³-hybridized carbons (Fsp3) is 0.0645. The van der Waals surface area contributed by atoms with Crippen LogP contribution in [0.25, 0.3) is 11.3 Å². The van der Waals surface area contributed by atoms with Gasteiger partial charge in [0.2, 0.25) is 0 Å². The monoisotopic (exact) mass is 533 g/mol. The Hall–Kier alpha value is -4.95. The standard InChI is InChI=1S/C31H23N3O4S/c35-30(36)21-8-6-7-20(19-21)26-16-17-27(38-26)29-28(25-11-4-5-18-32-25)33-31(39)34(29)22-12-14-24(15-13-22)37-23-9-2-1-3-10-23/h1-19,28-29H,(H,33,39)(H,35,36)/t28-,29-/m0/s1. The van der Waals surface area contributed by atoms with Crippen LogP contribution in [0.2, 0.25) is 0 Å². The maximum Gasteiger partial charge on any atom is 0.335 e. The molecule has 1 aliphatic rings. The number of carboxylic acid groups (broad SMARTS) is 1. The summed E-state index contributed by atoms with van der Waals surface area (Å²) < 4.78 is 12.3. The van der Waals surface area contributed by atoms with Crippen LogP contribution in [0.5, 0.6) is 11.5 Å². The number of nitrogens with one attached hydrogen (secondary N) is 1. The van der Waals surface area contributed by atoms with E-state index in [0.29, 0.717) is 27.9 Å². The number of aromatic nitrogens is 1. The minimum absolute atomic E-state index is 0.194. The maximum absolute atomic E-state index is 11.5. The molecule has 8 heteroatoms. The number of thiocarbonyl (C=S) groups is 1. The highest BCUT2D eigenvalue weighted by molar-refractivity contribution is 7.80. The summed E-state index contributed by atoms with van der Waals surface area (Å²) in [6.07, 6.45) is 1.75. The van der Waals surface area contributed by atoms with Crippen molar-refractivity contribution in [3.8, 4) is 22.8 Å². The number of carboxylic acids is 1. The molecule has 1 aliphatic heterocycles. The Kier molecular flexibility index (Phi) is 6.52. The number of anilines is 1. The Morgan fingerprint density at radius 3 is 2.41 bits per heavy atom. The molecular weight excluding hydrogens is 510 g/mol. The zero-order valence-corrected chi connectivity index (χ0v) is 21.4. The average Bonchev–Trinajstić information content (AvgIpc) is 3.59. The fourth-order valence-electron chi connectivity index (χ4n) is 4.69. The summed E-state index contributed by atoms with van der Waals surface area (Å²) in [5, 5.41) is 13.4. The van der Waals surface area contributed by atoms with Crippen LogP contribution in [0, 0.1) is 0 Å². The van der Waals surface area contributed by atoms with Gasteiger partial charge in [0.15, 0.2) is 5.11 Å². The molecule has 0 spiro atoms. The van der Waals surface area contributed by atoms with Crippen molar-refractivity contribution in [2.45, 2.75) is 12.1 Å². The summed E-state index contributed by atoms with van der Waals surface area (Å²) in [6.45, 7) is 0. The lowest BCUT2D eigenvalue weighted by molar-refractivity contribution is 0.0697. The predicted molar refractivity (Wildman–Crippen MR) is 152 cm³/mol. The zero-order valence-electron chi connectivity index (χ0n) is 20.6. The number of rotatable bonds is 7. The van der Waals surface area contributed by atoms with Gasteiger partial charge in [-0.1, -0.05) is 36.4 Å². The molecule has 0 radical (unpaired) electrons. The number of ether oxygens (including phenoxy) is 1. The normalized spacial score (nSPS) is 16.6. The molecular formula is C31H23N3O4S. The van der Waals surface area contributed by atoms with Gasteiger partial charge in [0, 0.05) is 17.4 Å². The van der Waals surface area contributed by atoms with E-state index in [9.17, 15) is 9.90 Å².